The lowest BCUT2D eigenvalue weighted by Crippen LogP contribution is -2.14. The van der Waals surface area contributed by atoms with E-state index < -0.39 is 0 Å². The lowest BCUT2D eigenvalue weighted by molar-refractivity contribution is -0.247. The van der Waals surface area contributed by atoms with Gasteiger partial charge in [0.25, 0.3) is 0 Å². The molecule has 0 amide bonds. The van der Waals surface area contributed by atoms with E-state index in [9.17, 15) is 0 Å². The molecule has 1 aromatic heterocycles. The lowest BCUT2D eigenvalue weighted by atomic mass is 10.7. The molecule has 5 nitrogen and oxygen atoms in total. The van der Waals surface area contributed by atoms with Gasteiger partial charge in [-0.1, -0.05) is 0 Å². The first-order valence-corrected chi connectivity index (χ1v) is 3.43. The Kier molecular flexibility index (Phi) is 5.02. The van der Waals surface area contributed by atoms with Gasteiger partial charge in [-0.2, -0.15) is 0 Å². The second-order valence-corrected chi connectivity index (χ2v) is 1.87. The topological polar surface area (TPSA) is 53.5 Å². The molecule has 1 fully saturated rings. The number of nitrogens with zero attached hydrogens (tertiary/aromatic N) is 2. The summed E-state index contributed by atoms with van der Waals surface area (Å²) in [6, 6.07) is 1.78. The van der Waals surface area contributed by atoms with E-state index in [-0.39, 0.29) is 0 Å². The maximum absolute atomic E-state index is 4.62. The summed E-state index contributed by atoms with van der Waals surface area (Å²) in [5.74, 6) is 0. The van der Waals surface area contributed by atoms with Gasteiger partial charge >= 0.3 is 0 Å². The molecule has 2 rings (SSSR count). The highest BCUT2D eigenvalue weighted by molar-refractivity contribution is 4.74. The number of rotatable bonds is 0. The van der Waals surface area contributed by atoms with Crippen LogP contribution in [0.1, 0.15) is 0 Å². The van der Waals surface area contributed by atoms with Gasteiger partial charge in [0.1, 0.15) is 6.33 Å². The van der Waals surface area contributed by atoms with Crippen LogP contribution < -0.4 is 0 Å². The zero-order valence-electron chi connectivity index (χ0n) is 6.55. The van der Waals surface area contributed by atoms with Gasteiger partial charge in [-0.3, -0.25) is 0 Å². The Bertz CT molecular complexity index is 141. The van der Waals surface area contributed by atoms with E-state index in [0.717, 1.165) is 0 Å². The molecule has 0 spiro atoms. The van der Waals surface area contributed by atoms with Crippen LogP contribution >= 0.6 is 0 Å². The summed E-state index contributed by atoms with van der Waals surface area (Å²) in [4.78, 5) is 7.35. The van der Waals surface area contributed by atoms with Gasteiger partial charge in [0.05, 0.1) is 0 Å². The first kappa shape index (κ1) is 9.05. The molecule has 0 unspecified atom stereocenters. The van der Waals surface area contributed by atoms with E-state index in [4.69, 9.17) is 0 Å². The van der Waals surface area contributed by atoms with Crippen molar-refractivity contribution in [2.45, 2.75) is 0 Å². The van der Waals surface area contributed by atoms with Crippen molar-refractivity contribution in [3.05, 3.63) is 24.8 Å². The summed E-state index contributed by atoms with van der Waals surface area (Å²) < 4.78 is 13.9. The van der Waals surface area contributed by atoms with E-state index in [1.165, 1.54) is 6.33 Å². The van der Waals surface area contributed by atoms with Crippen molar-refractivity contribution in [3.63, 3.8) is 0 Å². The Balaban J connectivity index is 0.000000120. The van der Waals surface area contributed by atoms with Crippen molar-refractivity contribution < 1.29 is 14.2 Å². The van der Waals surface area contributed by atoms with Gasteiger partial charge in [0.15, 0.2) is 20.4 Å². The zero-order chi connectivity index (χ0) is 8.49. The van der Waals surface area contributed by atoms with Crippen LogP contribution in [-0.2, 0) is 14.2 Å². The molecular formula is C7H10N2O3. The third kappa shape index (κ3) is 4.73. The van der Waals surface area contributed by atoms with E-state index >= 15 is 0 Å². The smallest absolute Gasteiger partial charge is 0.152 e. The molecule has 1 aliphatic rings. The maximum atomic E-state index is 4.62. The molecule has 2 heterocycles. The van der Waals surface area contributed by atoms with Crippen LogP contribution in [0.25, 0.3) is 0 Å². The first-order valence-electron chi connectivity index (χ1n) is 3.43. The molecule has 1 saturated heterocycles. The minimum Gasteiger partial charge on any atom is -0.329 e. The molecule has 0 aliphatic carbocycles. The Hall–Kier alpha value is -1.04. The Labute approximate surface area is 70.3 Å². The summed E-state index contributed by atoms with van der Waals surface area (Å²) in [5.41, 5.74) is 0. The fourth-order valence-electron chi connectivity index (χ4n) is 0.532. The molecule has 0 atom stereocenters. The highest BCUT2D eigenvalue weighted by Crippen LogP contribution is 1.87. The molecule has 0 bridgehead atoms. The summed E-state index contributed by atoms with van der Waals surface area (Å²) in [5, 5.41) is 0. The fraction of sp³-hybridized carbons (Fsp3) is 0.429. The SMILES string of the molecule is C1OCOCO1.c1cncnc1. The van der Waals surface area contributed by atoms with Gasteiger partial charge in [0, 0.05) is 12.4 Å². The summed E-state index contributed by atoms with van der Waals surface area (Å²) >= 11 is 0. The van der Waals surface area contributed by atoms with Gasteiger partial charge in [0.2, 0.25) is 0 Å². The second-order valence-electron chi connectivity index (χ2n) is 1.87. The van der Waals surface area contributed by atoms with Crippen molar-refractivity contribution >= 4 is 0 Å². The highest BCUT2D eigenvalue weighted by atomic mass is 16.8. The standard InChI is InChI=1S/C4H4N2.C3H6O3/c1-2-5-4-6-3-1;1-4-2-6-3-5-1/h1-4H;1-3H2. The molecular weight excluding hydrogens is 160 g/mol. The van der Waals surface area contributed by atoms with Gasteiger partial charge in [-0.15, -0.1) is 0 Å². The van der Waals surface area contributed by atoms with Crippen molar-refractivity contribution in [1.82, 2.24) is 9.97 Å². The molecule has 1 aromatic rings. The van der Waals surface area contributed by atoms with Crippen LogP contribution in [0.2, 0.25) is 0 Å². The molecule has 0 saturated carbocycles. The quantitative estimate of drug-likeness (QED) is 0.564. The van der Waals surface area contributed by atoms with E-state index in [1.807, 2.05) is 0 Å². The predicted octanol–water partition coefficient (Wildman–Crippen LogP) is 0.399. The number of hydrogen-bond donors (Lipinski definition) is 0. The number of ether oxygens (including phenoxy) is 3. The van der Waals surface area contributed by atoms with Gasteiger partial charge in [-0.25, -0.2) is 9.97 Å². The molecule has 1 aliphatic heterocycles. The molecule has 66 valence electrons. The van der Waals surface area contributed by atoms with Crippen molar-refractivity contribution in [2.75, 3.05) is 20.4 Å². The Morgan fingerprint density at radius 3 is 1.50 bits per heavy atom. The second kappa shape index (κ2) is 6.66. The molecule has 0 N–H and O–H groups in total. The fourth-order valence-corrected chi connectivity index (χ4v) is 0.532. The van der Waals surface area contributed by atoms with Crippen molar-refractivity contribution in [1.29, 1.82) is 0 Å². The first-order chi connectivity index (χ1) is 6.00. The third-order valence-electron chi connectivity index (χ3n) is 0.978. The van der Waals surface area contributed by atoms with Crippen molar-refractivity contribution in [2.24, 2.45) is 0 Å². The largest absolute Gasteiger partial charge is 0.329 e. The predicted molar refractivity (Wildman–Crippen MR) is 39.9 cm³/mol. The molecule has 0 aromatic carbocycles. The van der Waals surface area contributed by atoms with Crippen LogP contribution in [0.3, 0.4) is 0 Å². The van der Waals surface area contributed by atoms with Crippen LogP contribution in [0.15, 0.2) is 24.8 Å². The lowest BCUT2D eigenvalue weighted by Gasteiger charge is -2.10. The Morgan fingerprint density at radius 1 is 0.833 bits per heavy atom. The molecule has 5 heteroatoms. The minimum absolute atomic E-state index is 0.375. The number of aromatic nitrogens is 2. The highest BCUT2D eigenvalue weighted by Gasteiger charge is 1.93. The zero-order valence-corrected chi connectivity index (χ0v) is 6.55. The van der Waals surface area contributed by atoms with Gasteiger partial charge < -0.3 is 14.2 Å². The monoisotopic (exact) mass is 170 g/mol. The maximum Gasteiger partial charge on any atom is 0.152 e. The van der Waals surface area contributed by atoms with Crippen LogP contribution in [0, 0.1) is 0 Å². The van der Waals surface area contributed by atoms with Crippen LogP contribution in [0.5, 0.6) is 0 Å². The normalized spacial score (nSPS) is 16.0. The minimum atomic E-state index is 0.375. The van der Waals surface area contributed by atoms with E-state index in [0.29, 0.717) is 20.4 Å². The molecule has 0 radical (unpaired) electrons. The van der Waals surface area contributed by atoms with Gasteiger partial charge in [-0.05, 0) is 6.07 Å². The van der Waals surface area contributed by atoms with Crippen LogP contribution in [-0.4, -0.2) is 30.3 Å². The summed E-state index contributed by atoms with van der Waals surface area (Å²) in [7, 11) is 0. The average molecular weight is 170 g/mol. The molecule has 12 heavy (non-hydrogen) atoms. The third-order valence-corrected chi connectivity index (χ3v) is 0.978. The van der Waals surface area contributed by atoms with E-state index in [2.05, 4.69) is 24.2 Å². The Morgan fingerprint density at radius 2 is 1.33 bits per heavy atom. The van der Waals surface area contributed by atoms with E-state index in [1.54, 1.807) is 18.5 Å². The van der Waals surface area contributed by atoms with Crippen molar-refractivity contribution in [3.8, 4) is 0 Å². The average Bonchev–Trinajstić information content (AvgIpc) is 2.24. The summed E-state index contributed by atoms with van der Waals surface area (Å²) in [6.07, 6.45) is 4.88. The van der Waals surface area contributed by atoms with Crippen LogP contribution in [0.4, 0.5) is 0 Å². The summed E-state index contributed by atoms with van der Waals surface area (Å²) in [6.45, 7) is 1.12. The number of hydrogen-bond acceptors (Lipinski definition) is 5.